The third kappa shape index (κ3) is 3.64. The molecule has 2 heterocycles. The molecule has 0 bridgehead atoms. The van der Waals surface area contributed by atoms with Crippen LogP contribution in [0.25, 0.3) is 6.08 Å². The van der Waals surface area contributed by atoms with E-state index in [1.54, 1.807) is 30.7 Å². The Bertz CT molecular complexity index is 813. The number of carbonyl (C=O) groups excluding carboxylic acids is 1. The van der Waals surface area contributed by atoms with Crippen LogP contribution in [0.5, 0.6) is 0 Å². The fraction of sp³-hybridized carbons (Fsp3) is 0.381. The van der Waals surface area contributed by atoms with Crippen LogP contribution in [0.1, 0.15) is 36.4 Å². The van der Waals surface area contributed by atoms with E-state index in [1.165, 1.54) is 6.07 Å². The summed E-state index contributed by atoms with van der Waals surface area (Å²) in [7, 11) is 0. The maximum atomic E-state index is 14.5. The summed E-state index contributed by atoms with van der Waals surface area (Å²) in [4.78, 5) is 15.1. The average molecular weight is 371 g/mol. The van der Waals surface area contributed by atoms with Gasteiger partial charge < -0.3 is 4.42 Å². The highest BCUT2D eigenvalue weighted by atomic mass is 32.1. The van der Waals surface area contributed by atoms with E-state index in [0.29, 0.717) is 12.1 Å². The second-order valence-corrected chi connectivity index (χ2v) is 7.77. The Balaban J connectivity index is 1.65. The lowest BCUT2D eigenvalue weighted by atomic mass is 9.93. The van der Waals surface area contributed by atoms with Gasteiger partial charge >= 0.3 is 0 Å². The molecule has 26 heavy (non-hydrogen) atoms. The smallest absolute Gasteiger partial charge is 0.157 e. The number of nitrogens with zero attached hydrogens (tertiary/aromatic N) is 1. The molecule has 2 aromatic rings. The normalized spacial score (nSPS) is 23.9. The number of ketones is 1. The number of likely N-dealkylation sites (tertiary alicyclic amines) is 1. The van der Waals surface area contributed by atoms with Crippen molar-refractivity contribution in [3.8, 4) is 0 Å². The van der Waals surface area contributed by atoms with Gasteiger partial charge in [0.05, 0.1) is 18.6 Å². The molecule has 2 fully saturated rings. The quantitative estimate of drug-likeness (QED) is 0.784. The highest BCUT2D eigenvalue weighted by molar-refractivity contribution is 7.81. The first-order chi connectivity index (χ1) is 12.6. The number of piperidine rings is 1. The van der Waals surface area contributed by atoms with Gasteiger partial charge in [-0.25, -0.2) is 4.39 Å². The summed E-state index contributed by atoms with van der Waals surface area (Å²) in [6.07, 6.45) is 8.06. The minimum absolute atomic E-state index is 0.0784. The van der Waals surface area contributed by atoms with Gasteiger partial charge in [-0.05, 0) is 37.0 Å². The van der Waals surface area contributed by atoms with Crippen LogP contribution in [-0.4, -0.2) is 29.0 Å². The lowest BCUT2D eigenvalue weighted by Gasteiger charge is -2.37. The Kier molecular flexibility index (Phi) is 5.00. The maximum Gasteiger partial charge on any atom is 0.157 e. The molecular formula is C21H22FNO2S. The van der Waals surface area contributed by atoms with Crippen molar-refractivity contribution in [1.82, 2.24) is 4.90 Å². The molecule has 1 aromatic carbocycles. The Morgan fingerprint density at radius 3 is 2.77 bits per heavy atom. The van der Waals surface area contributed by atoms with Gasteiger partial charge in [-0.3, -0.25) is 9.69 Å². The standard InChI is InChI=1S/C21H22FNO2S/c22-18-4-2-1-3-17(18)20(21(24)15-5-6-15)23-9-7-19(26)16(12-23)11-14-8-10-25-13-14/h1-4,8,10-11,13,15,19-20,26H,5-7,9,12H2. The molecule has 1 aromatic heterocycles. The number of hydrogen-bond acceptors (Lipinski definition) is 4. The molecule has 1 saturated heterocycles. The third-order valence-electron chi connectivity index (χ3n) is 5.21. The number of thiol groups is 1. The van der Waals surface area contributed by atoms with Crippen molar-refractivity contribution in [3.05, 3.63) is 65.4 Å². The van der Waals surface area contributed by atoms with Crippen LogP contribution in [0.4, 0.5) is 4.39 Å². The van der Waals surface area contributed by atoms with Gasteiger partial charge in [0.2, 0.25) is 0 Å². The molecule has 0 radical (unpaired) electrons. The molecule has 136 valence electrons. The van der Waals surface area contributed by atoms with Gasteiger partial charge in [0.15, 0.2) is 5.78 Å². The molecular weight excluding hydrogens is 349 g/mol. The van der Waals surface area contributed by atoms with E-state index in [2.05, 4.69) is 11.0 Å². The van der Waals surface area contributed by atoms with E-state index >= 15 is 0 Å². The number of Topliss-reactive ketones (excluding diaryl/α,β-unsaturated/α-hetero) is 1. The van der Waals surface area contributed by atoms with Crippen molar-refractivity contribution >= 4 is 24.5 Å². The van der Waals surface area contributed by atoms with E-state index in [-0.39, 0.29) is 22.8 Å². The lowest BCUT2D eigenvalue weighted by molar-refractivity contribution is -0.126. The van der Waals surface area contributed by atoms with E-state index in [4.69, 9.17) is 17.0 Å². The summed E-state index contributed by atoms with van der Waals surface area (Å²) in [5.74, 6) is -0.0788. The summed E-state index contributed by atoms with van der Waals surface area (Å²) in [6.45, 7) is 1.34. The van der Waals surface area contributed by atoms with Crippen molar-refractivity contribution < 1.29 is 13.6 Å². The number of halogens is 1. The Labute approximate surface area is 158 Å². The number of rotatable bonds is 5. The molecule has 2 atom stereocenters. The molecule has 0 amide bonds. The highest BCUT2D eigenvalue weighted by Crippen LogP contribution is 2.39. The van der Waals surface area contributed by atoms with E-state index in [0.717, 1.165) is 36.9 Å². The molecule has 0 spiro atoms. The molecule has 4 rings (SSSR count). The second kappa shape index (κ2) is 7.41. The summed E-state index contributed by atoms with van der Waals surface area (Å²) in [5, 5.41) is 0.137. The molecule has 2 unspecified atom stereocenters. The van der Waals surface area contributed by atoms with Gasteiger partial charge in [-0.2, -0.15) is 12.6 Å². The number of benzene rings is 1. The van der Waals surface area contributed by atoms with Crippen LogP contribution in [0, 0.1) is 11.7 Å². The summed E-state index contributed by atoms with van der Waals surface area (Å²) < 4.78 is 19.6. The van der Waals surface area contributed by atoms with Crippen molar-refractivity contribution in [3.63, 3.8) is 0 Å². The van der Waals surface area contributed by atoms with E-state index < -0.39 is 6.04 Å². The zero-order valence-electron chi connectivity index (χ0n) is 14.5. The van der Waals surface area contributed by atoms with Crippen molar-refractivity contribution in [1.29, 1.82) is 0 Å². The van der Waals surface area contributed by atoms with Crippen molar-refractivity contribution in [2.75, 3.05) is 13.1 Å². The summed E-state index contributed by atoms with van der Waals surface area (Å²) in [5.41, 5.74) is 2.60. The van der Waals surface area contributed by atoms with E-state index in [1.807, 2.05) is 6.07 Å². The van der Waals surface area contributed by atoms with Crippen LogP contribution in [-0.2, 0) is 4.79 Å². The van der Waals surface area contributed by atoms with Crippen molar-refractivity contribution in [2.45, 2.75) is 30.6 Å². The minimum atomic E-state index is -0.516. The number of furan rings is 1. The molecule has 1 saturated carbocycles. The first-order valence-electron chi connectivity index (χ1n) is 9.06. The van der Waals surface area contributed by atoms with Crippen LogP contribution in [0.3, 0.4) is 0 Å². The highest BCUT2D eigenvalue weighted by Gasteiger charge is 2.40. The summed E-state index contributed by atoms with van der Waals surface area (Å²) >= 11 is 4.70. The first-order valence-corrected chi connectivity index (χ1v) is 9.58. The zero-order chi connectivity index (χ0) is 18.1. The minimum Gasteiger partial charge on any atom is -0.472 e. The topological polar surface area (TPSA) is 33.5 Å². The monoisotopic (exact) mass is 371 g/mol. The summed E-state index contributed by atoms with van der Waals surface area (Å²) in [6, 6.07) is 8.04. The predicted molar refractivity (Wildman–Crippen MR) is 103 cm³/mol. The van der Waals surface area contributed by atoms with Gasteiger partial charge in [-0.15, -0.1) is 0 Å². The van der Waals surface area contributed by atoms with Gasteiger partial charge in [0.25, 0.3) is 0 Å². The van der Waals surface area contributed by atoms with Crippen LogP contribution < -0.4 is 0 Å². The largest absolute Gasteiger partial charge is 0.472 e. The average Bonchev–Trinajstić information content (AvgIpc) is 3.37. The Morgan fingerprint density at radius 1 is 1.27 bits per heavy atom. The first kappa shape index (κ1) is 17.6. The Hall–Kier alpha value is -1.85. The fourth-order valence-corrected chi connectivity index (χ4v) is 3.92. The van der Waals surface area contributed by atoms with E-state index in [9.17, 15) is 9.18 Å². The fourth-order valence-electron chi connectivity index (χ4n) is 3.64. The SMILES string of the molecule is O=C(C1CC1)C(c1ccccc1F)N1CCC(S)C(=Cc2ccoc2)C1. The Morgan fingerprint density at radius 2 is 2.08 bits per heavy atom. The molecule has 3 nitrogen and oxygen atoms in total. The zero-order valence-corrected chi connectivity index (χ0v) is 15.4. The third-order valence-corrected chi connectivity index (χ3v) is 5.80. The van der Waals surface area contributed by atoms with Crippen LogP contribution >= 0.6 is 12.6 Å². The molecule has 1 aliphatic carbocycles. The predicted octanol–water partition coefficient (Wildman–Crippen LogP) is 4.53. The van der Waals surface area contributed by atoms with Crippen molar-refractivity contribution in [2.24, 2.45) is 5.92 Å². The maximum absolute atomic E-state index is 14.5. The molecule has 0 N–H and O–H groups in total. The lowest BCUT2D eigenvalue weighted by Crippen LogP contribution is -2.42. The second-order valence-electron chi connectivity index (χ2n) is 7.15. The van der Waals surface area contributed by atoms with Crippen LogP contribution in [0.15, 0.2) is 52.8 Å². The molecule has 1 aliphatic heterocycles. The van der Waals surface area contributed by atoms with Gasteiger partial charge in [-0.1, -0.05) is 24.3 Å². The van der Waals surface area contributed by atoms with Gasteiger partial charge in [0, 0.05) is 35.4 Å². The number of hydrogen-bond donors (Lipinski definition) is 1. The molecule has 2 aliphatic rings. The molecule has 5 heteroatoms. The van der Waals surface area contributed by atoms with Crippen LogP contribution in [0.2, 0.25) is 0 Å². The van der Waals surface area contributed by atoms with Gasteiger partial charge in [0.1, 0.15) is 5.82 Å². The number of carbonyl (C=O) groups is 1.